The average molecular weight is 1530 g/mol. The number of hydrogen-bond donors (Lipinski definition) is 4. The minimum atomic E-state index is -0.335. The van der Waals surface area contributed by atoms with Crippen LogP contribution in [-0.2, 0) is 57.8 Å². The highest BCUT2D eigenvalue weighted by molar-refractivity contribution is 5.20. The Morgan fingerprint density at radius 3 is 1.39 bits per heavy atom. The molecule has 0 bridgehead atoms. The Morgan fingerprint density at radius 1 is 0.505 bits per heavy atom. The van der Waals surface area contributed by atoms with E-state index in [9.17, 15) is 20.6 Å². The zero-order chi connectivity index (χ0) is 78.3. The summed E-state index contributed by atoms with van der Waals surface area (Å²) in [5.74, 6) is 14.0. The first-order valence-electron chi connectivity index (χ1n) is 44.5. The highest BCUT2D eigenvalue weighted by Crippen LogP contribution is 2.75. The van der Waals surface area contributed by atoms with Crippen LogP contribution in [0.3, 0.4) is 0 Å². The van der Waals surface area contributed by atoms with Crippen LogP contribution in [0.5, 0.6) is 0 Å². The van der Waals surface area contributed by atoms with E-state index < -0.39 is 0 Å². The number of aliphatic hydroxyl groups excluding tert-OH is 3. The highest BCUT2D eigenvalue weighted by atomic mass is 16.7. The SMILES string of the molecule is CC[C@H]1[C@@H](O)C2C3CC[C@H]([C@H](C)CCc4nn[nH]n4)[C@@]3(C)[C@@H](O)CC2[C@@]2(C)CC[C@@H](O)C[C@@H]12.CC[C@H]1[C@@H](OCOC)C2C3CC[C@H]([C@H](C)CCC#N)[C@@]3(C)[C@@H](OCOC)CC2[C@@]2(C)CC[C@@H](C)C[C@@H]12.CC[C@H]1[C@@H](OCOC)C2C3CC[C@H]([C@H](C)CCc4nnnn4C)[C@@]3(C)[C@@H](OCOC)CC2[C@@]2(C)CC[C@@H](C)C[C@@H]12. The third-order valence-electron chi connectivity index (χ3n) is 36.2. The molecule has 0 spiro atoms. The Kier molecular flexibility index (Phi) is 27.9. The number of aliphatic hydroxyl groups is 3. The summed E-state index contributed by atoms with van der Waals surface area (Å²) in [6.45, 7) is 35.7. The van der Waals surface area contributed by atoms with Gasteiger partial charge in [0.15, 0.2) is 11.6 Å². The summed E-state index contributed by atoms with van der Waals surface area (Å²) >= 11 is 0. The van der Waals surface area contributed by atoms with Gasteiger partial charge < -0.3 is 53.2 Å². The number of fused-ring (bicyclic) bond motifs is 15. The number of nitrogens with zero attached hydrogens (tertiary/aromatic N) is 8. The lowest BCUT2D eigenvalue weighted by Gasteiger charge is -2.66. The molecule has 12 aliphatic carbocycles. The van der Waals surface area contributed by atoms with Crippen LogP contribution in [0.15, 0.2) is 0 Å². The van der Waals surface area contributed by atoms with Gasteiger partial charge in [-0.25, -0.2) is 4.68 Å². The number of rotatable bonds is 26. The van der Waals surface area contributed by atoms with Crippen LogP contribution in [0.1, 0.15) is 269 Å². The molecule has 0 aromatic carbocycles. The summed E-state index contributed by atoms with van der Waals surface area (Å²) in [6.07, 6.45) is 29.6. The van der Waals surface area contributed by atoms with E-state index in [1.54, 1.807) is 28.4 Å². The molecule has 2 aromatic heterocycles. The van der Waals surface area contributed by atoms with Crippen molar-refractivity contribution in [3.05, 3.63) is 11.6 Å². The second-order valence-electron chi connectivity index (χ2n) is 40.4. The van der Waals surface area contributed by atoms with Crippen LogP contribution < -0.4 is 0 Å². The molecule has 620 valence electrons. The second kappa shape index (κ2) is 35.6. The maximum atomic E-state index is 11.8. The van der Waals surface area contributed by atoms with Crippen molar-refractivity contribution in [3.63, 3.8) is 0 Å². The molecule has 20 nitrogen and oxygen atoms in total. The zero-order valence-corrected chi connectivity index (χ0v) is 71.4. The molecule has 12 aliphatic rings. The molecule has 2 aromatic rings. The van der Waals surface area contributed by atoms with Gasteiger partial charge in [0.25, 0.3) is 0 Å². The monoisotopic (exact) mass is 1520 g/mol. The minimum Gasteiger partial charge on any atom is -0.393 e. The summed E-state index contributed by atoms with van der Waals surface area (Å²) in [7, 11) is 8.98. The van der Waals surface area contributed by atoms with E-state index in [0.717, 1.165) is 113 Å². The molecule has 0 radical (unpaired) electrons. The van der Waals surface area contributed by atoms with Gasteiger partial charge in [-0.05, 0) is 290 Å². The Labute approximate surface area is 658 Å². The lowest BCUT2D eigenvalue weighted by atomic mass is 9.40. The molecule has 20 heteroatoms. The fourth-order valence-corrected chi connectivity index (χ4v) is 30.9. The van der Waals surface area contributed by atoms with Crippen molar-refractivity contribution in [1.29, 1.82) is 5.26 Å². The van der Waals surface area contributed by atoms with Crippen LogP contribution in [-0.4, -0.2) is 154 Å². The van der Waals surface area contributed by atoms with E-state index >= 15 is 0 Å². The van der Waals surface area contributed by atoms with Gasteiger partial charge in [-0.2, -0.15) is 10.5 Å². The average Bonchev–Trinajstić information content (AvgIpc) is 1.69. The van der Waals surface area contributed by atoms with Gasteiger partial charge in [0.05, 0.1) is 48.8 Å². The van der Waals surface area contributed by atoms with E-state index in [-0.39, 0.29) is 76.2 Å². The van der Waals surface area contributed by atoms with E-state index in [0.29, 0.717) is 157 Å². The predicted octanol–water partition coefficient (Wildman–Crippen LogP) is 16.3. The van der Waals surface area contributed by atoms with Gasteiger partial charge in [0.2, 0.25) is 0 Å². The Bertz CT molecular complexity index is 3220. The van der Waals surface area contributed by atoms with Crippen LogP contribution in [0, 0.1) is 180 Å². The fourth-order valence-electron chi connectivity index (χ4n) is 30.9. The predicted molar refractivity (Wildman–Crippen MR) is 421 cm³/mol. The molecule has 0 aliphatic heterocycles. The van der Waals surface area contributed by atoms with E-state index in [1.165, 1.54) is 77.0 Å². The number of tetrazole rings is 2. The largest absolute Gasteiger partial charge is 0.393 e. The van der Waals surface area contributed by atoms with Crippen molar-refractivity contribution in [2.45, 2.75) is 313 Å². The first-order valence-corrected chi connectivity index (χ1v) is 44.5. The molecule has 0 amide bonds. The molecular formula is C89H153N9O11. The Balaban J connectivity index is 0.000000153. The van der Waals surface area contributed by atoms with Gasteiger partial charge in [0.1, 0.15) is 27.2 Å². The van der Waals surface area contributed by atoms with Crippen LogP contribution in [0.25, 0.3) is 0 Å². The van der Waals surface area contributed by atoms with Crippen LogP contribution in [0.2, 0.25) is 0 Å². The number of ether oxygens (including phenoxy) is 8. The molecule has 9 unspecified atom stereocenters. The number of H-pyrrole nitrogens is 1. The fraction of sp³-hybridized carbons (Fsp3) is 0.966. The molecular weight excluding hydrogens is 1370 g/mol. The number of aromatic amines is 1. The van der Waals surface area contributed by atoms with Crippen LogP contribution in [0.4, 0.5) is 0 Å². The number of aromatic nitrogens is 8. The van der Waals surface area contributed by atoms with E-state index in [1.807, 2.05) is 11.7 Å². The van der Waals surface area contributed by atoms with Gasteiger partial charge in [-0.15, -0.1) is 15.3 Å². The van der Waals surface area contributed by atoms with Crippen molar-refractivity contribution in [3.8, 4) is 6.07 Å². The number of hydrogen-bond acceptors (Lipinski definition) is 18. The molecule has 2 heterocycles. The van der Waals surface area contributed by atoms with Crippen molar-refractivity contribution in [2.75, 3.05) is 55.6 Å². The quantitative estimate of drug-likeness (QED) is 0.0638. The summed E-state index contributed by atoms with van der Waals surface area (Å²) in [4.78, 5) is 0. The van der Waals surface area contributed by atoms with Crippen molar-refractivity contribution < 1.29 is 53.2 Å². The lowest BCUT2D eigenvalue weighted by molar-refractivity contribution is -0.262. The lowest BCUT2D eigenvalue weighted by Crippen LogP contribution is -2.65. The van der Waals surface area contributed by atoms with Gasteiger partial charge in [-0.1, -0.05) is 134 Å². The first kappa shape index (κ1) is 85.6. The molecule has 36 atom stereocenters. The van der Waals surface area contributed by atoms with Crippen molar-refractivity contribution in [2.24, 2.45) is 176 Å². The molecule has 12 fully saturated rings. The number of nitrogens with one attached hydrogen (secondary N) is 1. The summed E-state index contributed by atoms with van der Waals surface area (Å²) in [5.41, 5.74) is 0.777. The maximum absolute atomic E-state index is 11.8. The van der Waals surface area contributed by atoms with Crippen molar-refractivity contribution >= 4 is 0 Å². The Hall–Kier alpha value is -2.81. The smallest absolute Gasteiger partial charge is 0.174 e. The number of methoxy groups -OCH3 is 4. The zero-order valence-electron chi connectivity index (χ0n) is 71.4. The molecule has 0 saturated heterocycles. The molecule has 109 heavy (non-hydrogen) atoms. The summed E-state index contributed by atoms with van der Waals surface area (Å²) < 4.78 is 50.8. The number of nitriles is 1. The highest BCUT2D eigenvalue weighted by Gasteiger charge is 2.72. The molecule has 4 N–H and O–H groups in total. The van der Waals surface area contributed by atoms with Crippen molar-refractivity contribution in [1.82, 2.24) is 40.8 Å². The summed E-state index contributed by atoms with van der Waals surface area (Å²) in [6, 6.07) is 2.40. The Morgan fingerprint density at radius 2 is 0.945 bits per heavy atom. The minimum absolute atomic E-state index is 0.0761. The number of aryl methyl sites for hydroxylation is 3. The van der Waals surface area contributed by atoms with E-state index in [2.05, 4.69) is 139 Å². The standard InChI is InChI=1S/C32H56N4O4.C31H53NO4.C26H44N4O3/c1-9-22-25-16-20(2)14-15-31(25,4)26-17-27(39-18-37-7)32(5)23(21(3)10-13-28-33-34-35-36(28)6)11-12-24(32)29(26)30(22)40-19-38-8;1-8-22-25-16-20(2)13-14-30(25,4)26-17-27(35-18-33-6)31(5)23(21(3)10-9-15-32)11-12-24(31)28(26)29(22)36-19-34-7;1-5-16-19-12-15(31)10-11-25(19,3)20-13-21(32)26(4)17(7-8-18(26)23(20)24(16)33)14(2)6-9-22-27-29-30-28-22/h20-27,29-30H,9-19H2,1-8H3;20-29H,8-14,16-19H2,1-7H3;14-21,23-24,31-33H,5-13H2,1-4H3,(H,27,28,29,30)/t20-,21-,22-,23-,24?,25+,26?,27+,29?,30-,31+,32-;20-,21-,22-,23-,24?,25+,26?,27+,28?,29-,30+,31-;14-,15-,16-,17-,18?,19+,20?,21+,23?,24-,25+,26-/m111/s1. The van der Waals surface area contributed by atoms with Gasteiger partial charge in [0, 0.05) is 65.6 Å². The van der Waals surface area contributed by atoms with Gasteiger partial charge >= 0.3 is 0 Å². The van der Waals surface area contributed by atoms with Crippen LogP contribution >= 0.6 is 0 Å². The topological polar surface area (TPSA) is 256 Å². The first-order chi connectivity index (χ1) is 52.2. The molecule has 14 rings (SSSR count). The third kappa shape index (κ3) is 15.5. The second-order valence-corrected chi connectivity index (χ2v) is 40.4. The summed E-state index contributed by atoms with van der Waals surface area (Å²) in [5, 5.41) is 69.9. The van der Waals surface area contributed by atoms with E-state index in [4.69, 9.17) is 37.9 Å². The normalized spacial score (nSPS) is 46.7. The maximum Gasteiger partial charge on any atom is 0.174 e. The molecule has 12 saturated carbocycles. The van der Waals surface area contributed by atoms with Gasteiger partial charge in [-0.3, -0.25) is 0 Å². The third-order valence-corrected chi connectivity index (χ3v) is 36.2.